The molecular formula is C36H64O12. The minimum absolute atomic E-state index is 0.0962. The third-order valence-electron chi connectivity index (χ3n) is 12.7. The summed E-state index contributed by atoms with van der Waals surface area (Å²) in [6.45, 7) is 12.9. The van der Waals surface area contributed by atoms with Gasteiger partial charge in [-0.1, -0.05) is 34.6 Å². The second kappa shape index (κ2) is 15.8. The summed E-state index contributed by atoms with van der Waals surface area (Å²) in [7, 11) is 1.50. The molecule has 17 unspecified atom stereocenters. The fourth-order valence-corrected chi connectivity index (χ4v) is 9.36. The van der Waals surface area contributed by atoms with Crippen molar-refractivity contribution in [3.8, 4) is 0 Å². The monoisotopic (exact) mass is 688 g/mol. The summed E-state index contributed by atoms with van der Waals surface area (Å²) in [5.74, 6) is -3.92. The van der Waals surface area contributed by atoms with Gasteiger partial charge in [-0.2, -0.15) is 0 Å². The molecular weight excluding hydrogens is 624 g/mol. The van der Waals surface area contributed by atoms with E-state index in [2.05, 4.69) is 6.92 Å². The summed E-state index contributed by atoms with van der Waals surface area (Å²) in [5, 5.41) is 62.0. The van der Waals surface area contributed by atoms with E-state index in [-0.39, 0.29) is 48.9 Å². The Labute approximate surface area is 286 Å². The second-order valence-electron chi connectivity index (χ2n) is 16.0. The molecule has 0 aromatic rings. The Morgan fingerprint density at radius 1 is 1.04 bits per heavy atom. The van der Waals surface area contributed by atoms with Gasteiger partial charge in [-0.05, 0) is 64.2 Å². The number of aliphatic carboxylic acids is 1. The maximum atomic E-state index is 11.8. The number of hydrogen-bond acceptors (Lipinski definition) is 11. The standard InChI is InChI=1S/C36H64O12/c1-9-35(32-24(17-37)15-27(45-32)29(41)20(3)14-19(2)26(40)18-38)11-10-28(46-35)34(7)12-13-36(48-34)16-25(39)21(4)31(47-36)22(5)30(44-8)23(6)33(42)43/h19-32,37-41H,9-18H2,1-8H3,(H,42,43). The van der Waals surface area contributed by atoms with Crippen LogP contribution in [0.4, 0.5) is 0 Å². The summed E-state index contributed by atoms with van der Waals surface area (Å²) < 4.78 is 32.8. The molecule has 4 fully saturated rings. The fourth-order valence-electron chi connectivity index (χ4n) is 9.36. The van der Waals surface area contributed by atoms with Crippen molar-refractivity contribution in [1.29, 1.82) is 0 Å². The van der Waals surface area contributed by atoms with Gasteiger partial charge >= 0.3 is 5.97 Å². The predicted molar refractivity (Wildman–Crippen MR) is 176 cm³/mol. The number of carbonyl (C=O) groups is 1. The van der Waals surface area contributed by atoms with E-state index < -0.39 is 71.6 Å². The lowest BCUT2D eigenvalue weighted by atomic mass is 9.78. The molecule has 0 radical (unpaired) electrons. The highest BCUT2D eigenvalue weighted by Crippen LogP contribution is 2.54. The molecule has 48 heavy (non-hydrogen) atoms. The first-order valence-electron chi connectivity index (χ1n) is 18.2. The zero-order valence-corrected chi connectivity index (χ0v) is 30.3. The number of aliphatic hydroxyl groups is 5. The third kappa shape index (κ3) is 7.78. The van der Waals surface area contributed by atoms with E-state index in [0.29, 0.717) is 51.4 Å². The molecule has 280 valence electrons. The molecule has 6 N–H and O–H groups in total. The molecule has 12 nitrogen and oxygen atoms in total. The maximum absolute atomic E-state index is 11.8. The molecule has 17 atom stereocenters. The molecule has 0 saturated carbocycles. The van der Waals surface area contributed by atoms with Crippen molar-refractivity contribution < 1.29 is 59.1 Å². The fraction of sp³-hybridized carbons (Fsp3) is 0.972. The highest BCUT2D eigenvalue weighted by Gasteiger charge is 2.62. The maximum Gasteiger partial charge on any atom is 0.308 e. The van der Waals surface area contributed by atoms with E-state index in [1.165, 1.54) is 7.11 Å². The lowest BCUT2D eigenvalue weighted by Crippen LogP contribution is -2.57. The predicted octanol–water partition coefficient (Wildman–Crippen LogP) is 2.88. The first kappa shape index (κ1) is 39.8. The van der Waals surface area contributed by atoms with Crippen LogP contribution < -0.4 is 0 Å². The summed E-state index contributed by atoms with van der Waals surface area (Å²) in [5.41, 5.74) is -1.40. The Morgan fingerprint density at radius 3 is 2.31 bits per heavy atom. The van der Waals surface area contributed by atoms with Gasteiger partial charge in [0, 0.05) is 44.3 Å². The van der Waals surface area contributed by atoms with Crippen LogP contribution in [0.25, 0.3) is 0 Å². The summed E-state index contributed by atoms with van der Waals surface area (Å²) in [6, 6.07) is 0. The highest BCUT2D eigenvalue weighted by molar-refractivity contribution is 5.70. The van der Waals surface area contributed by atoms with E-state index in [9.17, 15) is 35.4 Å². The zero-order chi connectivity index (χ0) is 35.8. The van der Waals surface area contributed by atoms with Crippen molar-refractivity contribution in [3.63, 3.8) is 0 Å². The van der Waals surface area contributed by atoms with Crippen LogP contribution in [0.3, 0.4) is 0 Å². The summed E-state index contributed by atoms with van der Waals surface area (Å²) in [4.78, 5) is 11.8. The Bertz CT molecular complexity index is 1060. The average molecular weight is 689 g/mol. The van der Waals surface area contributed by atoms with E-state index in [4.69, 9.17) is 23.7 Å². The molecule has 0 aromatic carbocycles. The van der Waals surface area contributed by atoms with E-state index in [1.807, 2.05) is 34.6 Å². The van der Waals surface area contributed by atoms with Crippen molar-refractivity contribution >= 4 is 5.97 Å². The summed E-state index contributed by atoms with van der Waals surface area (Å²) >= 11 is 0. The molecule has 4 heterocycles. The van der Waals surface area contributed by atoms with Gasteiger partial charge in [-0.25, -0.2) is 0 Å². The molecule has 1 spiro atoms. The molecule has 4 saturated heterocycles. The molecule has 4 rings (SSSR count). The normalized spacial score (nSPS) is 43.1. The smallest absolute Gasteiger partial charge is 0.308 e. The van der Waals surface area contributed by atoms with Crippen molar-refractivity contribution in [2.24, 2.45) is 35.5 Å². The van der Waals surface area contributed by atoms with Crippen molar-refractivity contribution in [2.75, 3.05) is 20.3 Å². The molecule has 0 aliphatic carbocycles. The van der Waals surface area contributed by atoms with Crippen LogP contribution in [0.1, 0.15) is 99.8 Å². The first-order chi connectivity index (χ1) is 22.5. The van der Waals surface area contributed by atoms with Crippen LogP contribution in [-0.4, -0.2) is 123 Å². The molecule has 4 aliphatic rings. The van der Waals surface area contributed by atoms with Gasteiger partial charge in [-0.3, -0.25) is 4.79 Å². The molecule has 4 aliphatic heterocycles. The van der Waals surface area contributed by atoms with Crippen LogP contribution in [0.15, 0.2) is 0 Å². The second-order valence-corrected chi connectivity index (χ2v) is 16.0. The Morgan fingerprint density at radius 2 is 1.73 bits per heavy atom. The third-order valence-corrected chi connectivity index (χ3v) is 12.7. The number of carboxylic acids is 1. The molecule has 0 amide bonds. The topological polar surface area (TPSA) is 185 Å². The van der Waals surface area contributed by atoms with Gasteiger partial charge < -0.3 is 54.3 Å². The minimum atomic E-state index is -1.05. The van der Waals surface area contributed by atoms with Crippen LogP contribution in [0.5, 0.6) is 0 Å². The Kier molecular flexibility index (Phi) is 13.1. The highest BCUT2D eigenvalue weighted by atomic mass is 16.7. The summed E-state index contributed by atoms with van der Waals surface area (Å²) in [6.07, 6.45) is -0.113. The number of carboxylic acid groups (broad SMARTS) is 1. The van der Waals surface area contributed by atoms with E-state index >= 15 is 0 Å². The Hall–Kier alpha value is -0.930. The quantitative estimate of drug-likeness (QED) is 0.148. The number of methoxy groups -OCH3 is 1. The van der Waals surface area contributed by atoms with E-state index in [0.717, 1.165) is 0 Å². The van der Waals surface area contributed by atoms with E-state index in [1.54, 1.807) is 6.92 Å². The van der Waals surface area contributed by atoms with Crippen molar-refractivity contribution in [2.45, 2.75) is 166 Å². The van der Waals surface area contributed by atoms with Crippen LogP contribution in [0, 0.1) is 35.5 Å². The lowest BCUT2D eigenvalue weighted by Gasteiger charge is -2.48. The number of rotatable bonds is 15. The van der Waals surface area contributed by atoms with Gasteiger partial charge in [0.15, 0.2) is 5.79 Å². The van der Waals surface area contributed by atoms with Gasteiger partial charge in [0.05, 0.1) is 72.6 Å². The molecule has 12 heteroatoms. The first-order valence-corrected chi connectivity index (χ1v) is 18.2. The number of aliphatic hydroxyl groups excluding tert-OH is 5. The lowest BCUT2D eigenvalue weighted by molar-refractivity contribution is -0.335. The number of hydrogen-bond donors (Lipinski definition) is 6. The van der Waals surface area contributed by atoms with Gasteiger partial charge in [0.1, 0.15) is 0 Å². The SMILES string of the molecule is CCC1(C2OC(C(O)C(C)CC(C)C(O)CO)CC2CO)CCC(C2(C)CCC3(CC(O)C(C)C(C(C)C(OC)C(C)C(=O)O)O3)O2)O1. The molecule has 0 bridgehead atoms. The zero-order valence-electron chi connectivity index (χ0n) is 30.3. The van der Waals surface area contributed by atoms with Crippen LogP contribution in [-0.2, 0) is 28.5 Å². The molecule has 0 aromatic heterocycles. The average Bonchev–Trinajstić information content (AvgIpc) is 3.79. The van der Waals surface area contributed by atoms with Gasteiger partial charge in [0.25, 0.3) is 0 Å². The van der Waals surface area contributed by atoms with Crippen molar-refractivity contribution in [3.05, 3.63) is 0 Å². The largest absolute Gasteiger partial charge is 0.481 e. The van der Waals surface area contributed by atoms with Gasteiger partial charge in [-0.15, -0.1) is 0 Å². The van der Waals surface area contributed by atoms with Gasteiger partial charge in [0.2, 0.25) is 0 Å². The minimum Gasteiger partial charge on any atom is -0.481 e. The van der Waals surface area contributed by atoms with Crippen LogP contribution in [0.2, 0.25) is 0 Å². The van der Waals surface area contributed by atoms with Crippen molar-refractivity contribution in [1.82, 2.24) is 0 Å². The Balaban J connectivity index is 1.47. The number of ether oxygens (including phenoxy) is 5. The van der Waals surface area contributed by atoms with Crippen LogP contribution >= 0.6 is 0 Å².